The van der Waals surface area contributed by atoms with Crippen LogP contribution < -0.4 is 4.74 Å². The first-order valence-electron chi connectivity index (χ1n) is 11.1. The Balaban J connectivity index is 1.58. The highest BCUT2D eigenvalue weighted by Gasteiger charge is 2.21. The Morgan fingerprint density at radius 1 is 1.06 bits per heavy atom. The van der Waals surface area contributed by atoms with E-state index in [9.17, 15) is 4.79 Å². The maximum Gasteiger partial charge on any atom is 0.233 e. The van der Waals surface area contributed by atoms with E-state index in [0.717, 1.165) is 22.6 Å². The van der Waals surface area contributed by atoms with Crippen LogP contribution in [-0.2, 0) is 4.79 Å². The third-order valence-electron chi connectivity index (χ3n) is 5.54. The van der Waals surface area contributed by atoms with Crippen molar-refractivity contribution in [3.63, 3.8) is 0 Å². The predicted molar refractivity (Wildman–Crippen MR) is 134 cm³/mol. The number of amides is 1. The van der Waals surface area contributed by atoms with Gasteiger partial charge in [-0.1, -0.05) is 42.1 Å². The van der Waals surface area contributed by atoms with Gasteiger partial charge in [0.1, 0.15) is 5.75 Å². The molecule has 4 rings (SSSR count). The van der Waals surface area contributed by atoms with Gasteiger partial charge in [-0.2, -0.15) is 0 Å². The van der Waals surface area contributed by atoms with Crippen molar-refractivity contribution in [2.24, 2.45) is 0 Å². The lowest BCUT2D eigenvalue weighted by Crippen LogP contribution is -2.31. The second kappa shape index (κ2) is 11.0. The molecule has 0 aliphatic rings. The Bertz CT molecular complexity index is 1210. The second-order valence-corrected chi connectivity index (χ2v) is 8.63. The zero-order valence-electron chi connectivity index (χ0n) is 19.5. The number of rotatable bonds is 9. The lowest BCUT2D eigenvalue weighted by Gasteiger charge is -2.25. The van der Waals surface area contributed by atoms with Gasteiger partial charge in [-0.15, -0.1) is 10.2 Å². The molecule has 2 heterocycles. The number of benzene rings is 2. The molecule has 1 unspecified atom stereocenters. The number of hydrogen-bond donors (Lipinski definition) is 0. The fourth-order valence-electron chi connectivity index (χ4n) is 3.54. The van der Waals surface area contributed by atoms with E-state index in [-0.39, 0.29) is 17.7 Å². The lowest BCUT2D eigenvalue weighted by molar-refractivity contribution is -0.128. The third kappa shape index (κ3) is 5.28. The first-order chi connectivity index (χ1) is 16.6. The summed E-state index contributed by atoms with van der Waals surface area (Å²) in [5.74, 6) is 1.72. The summed E-state index contributed by atoms with van der Waals surface area (Å²) < 4.78 is 7.53. The number of ether oxygens (including phenoxy) is 1. The minimum absolute atomic E-state index is 0.0190. The summed E-state index contributed by atoms with van der Waals surface area (Å²) in [6.07, 6.45) is 3.48. The zero-order valence-corrected chi connectivity index (χ0v) is 20.3. The highest BCUT2D eigenvalue weighted by atomic mass is 32.2. The molecule has 8 heteroatoms. The van der Waals surface area contributed by atoms with Crippen LogP contribution in [0.3, 0.4) is 0 Å². The smallest absolute Gasteiger partial charge is 0.233 e. The van der Waals surface area contributed by atoms with Gasteiger partial charge in [-0.25, -0.2) is 0 Å². The first-order valence-corrected chi connectivity index (χ1v) is 12.1. The van der Waals surface area contributed by atoms with Crippen LogP contribution >= 0.6 is 11.8 Å². The Morgan fingerprint density at radius 2 is 1.82 bits per heavy atom. The van der Waals surface area contributed by atoms with Gasteiger partial charge < -0.3 is 9.64 Å². The fourth-order valence-corrected chi connectivity index (χ4v) is 4.41. The molecule has 0 N–H and O–H groups in total. The Morgan fingerprint density at radius 3 is 2.50 bits per heavy atom. The third-order valence-corrected chi connectivity index (χ3v) is 6.45. The lowest BCUT2D eigenvalue weighted by atomic mass is 10.1. The summed E-state index contributed by atoms with van der Waals surface area (Å²) in [5.41, 5.74) is 2.82. The largest absolute Gasteiger partial charge is 0.494 e. The van der Waals surface area contributed by atoms with Crippen LogP contribution in [0.5, 0.6) is 5.75 Å². The quantitative estimate of drug-likeness (QED) is 0.317. The summed E-state index contributed by atoms with van der Waals surface area (Å²) in [4.78, 5) is 19.0. The molecule has 0 bridgehead atoms. The topological polar surface area (TPSA) is 73.1 Å². The highest BCUT2D eigenvalue weighted by Crippen LogP contribution is 2.29. The molecule has 1 atom stereocenters. The average Bonchev–Trinajstić information content (AvgIpc) is 3.32. The normalized spacial score (nSPS) is 11.7. The van der Waals surface area contributed by atoms with Crippen molar-refractivity contribution in [1.82, 2.24) is 24.6 Å². The first kappa shape index (κ1) is 23.5. The SMILES string of the molecule is CCOc1ccc(-n2c(SCC(=O)N(C)C(C)c3ccccc3)nnc2-c2cccnc2)cc1. The number of carbonyl (C=O) groups is 1. The highest BCUT2D eigenvalue weighted by molar-refractivity contribution is 7.99. The van der Waals surface area contributed by atoms with Gasteiger partial charge >= 0.3 is 0 Å². The molecule has 2 aromatic heterocycles. The van der Waals surface area contributed by atoms with E-state index in [0.29, 0.717) is 17.6 Å². The number of carbonyl (C=O) groups excluding carboxylic acids is 1. The Hall–Kier alpha value is -3.65. The molecule has 0 aliphatic heterocycles. The van der Waals surface area contributed by atoms with Crippen LogP contribution in [0.25, 0.3) is 17.1 Å². The van der Waals surface area contributed by atoms with Crippen molar-refractivity contribution < 1.29 is 9.53 Å². The minimum Gasteiger partial charge on any atom is -0.494 e. The second-order valence-electron chi connectivity index (χ2n) is 7.69. The monoisotopic (exact) mass is 473 g/mol. The zero-order chi connectivity index (χ0) is 23.9. The van der Waals surface area contributed by atoms with Crippen LogP contribution in [0.4, 0.5) is 0 Å². The van der Waals surface area contributed by atoms with Gasteiger partial charge in [0.2, 0.25) is 5.91 Å². The summed E-state index contributed by atoms with van der Waals surface area (Å²) in [6, 6.07) is 21.5. The van der Waals surface area contributed by atoms with Crippen molar-refractivity contribution in [1.29, 1.82) is 0 Å². The van der Waals surface area contributed by atoms with Crippen LogP contribution in [-0.4, -0.2) is 50.0 Å². The summed E-state index contributed by atoms with van der Waals surface area (Å²) >= 11 is 1.37. The molecule has 7 nitrogen and oxygen atoms in total. The maximum atomic E-state index is 13.0. The van der Waals surface area contributed by atoms with E-state index >= 15 is 0 Å². The van der Waals surface area contributed by atoms with Crippen molar-refractivity contribution in [3.8, 4) is 22.8 Å². The number of pyridine rings is 1. The predicted octanol–water partition coefficient (Wildman–Crippen LogP) is 5.04. The molecule has 0 saturated carbocycles. The molecule has 1 amide bonds. The molecule has 0 aliphatic carbocycles. The number of nitrogens with zero attached hydrogens (tertiary/aromatic N) is 5. The summed E-state index contributed by atoms with van der Waals surface area (Å²) in [7, 11) is 1.83. The molecule has 34 heavy (non-hydrogen) atoms. The van der Waals surface area contributed by atoms with Gasteiger partial charge in [0.25, 0.3) is 0 Å². The van der Waals surface area contributed by atoms with E-state index in [1.807, 2.05) is 92.2 Å². The molecule has 4 aromatic rings. The number of thioether (sulfide) groups is 1. The summed E-state index contributed by atoms with van der Waals surface area (Å²) in [5, 5.41) is 9.47. The number of hydrogen-bond acceptors (Lipinski definition) is 6. The van der Waals surface area contributed by atoms with Gasteiger partial charge in [-0.3, -0.25) is 14.3 Å². The molecule has 2 aromatic carbocycles. The van der Waals surface area contributed by atoms with Gasteiger partial charge in [0.05, 0.1) is 18.4 Å². The van der Waals surface area contributed by atoms with Crippen LogP contribution in [0.15, 0.2) is 84.3 Å². The van der Waals surface area contributed by atoms with E-state index < -0.39 is 0 Å². The Kier molecular flexibility index (Phi) is 7.59. The van der Waals surface area contributed by atoms with Crippen molar-refractivity contribution >= 4 is 17.7 Å². The molecular formula is C26H27N5O2S. The molecule has 0 saturated heterocycles. The van der Waals surface area contributed by atoms with Crippen molar-refractivity contribution in [2.75, 3.05) is 19.4 Å². The van der Waals surface area contributed by atoms with E-state index in [1.165, 1.54) is 11.8 Å². The van der Waals surface area contributed by atoms with Gasteiger partial charge in [-0.05, 0) is 55.8 Å². The van der Waals surface area contributed by atoms with Crippen LogP contribution in [0.1, 0.15) is 25.5 Å². The van der Waals surface area contributed by atoms with Crippen LogP contribution in [0.2, 0.25) is 0 Å². The molecular weight excluding hydrogens is 446 g/mol. The number of aromatic nitrogens is 4. The maximum absolute atomic E-state index is 13.0. The molecule has 174 valence electrons. The van der Waals surface area contributed by atoms with Crippen LogP contribution in [0, 0.1) is 0 Å². The minimum atomic E-state index is -0.0239. The average molecular weight is 474 g/mol. The van der Waals surface area contributed by atoms with Crippen molar-refractivity contribution in [2.45, 2.75) is 25.0 Å². The standard InChI is InChI=1S/C26H27N5O2S/c1-4-33-23-14-12-22(13-15-23)31-25(21-11-8-16-27-17-21)28-29-26(31)34-18-24(32)30(3)19(2)20-9-6-5-7-10-20/h5-17,19H,4,18H2,1-3H3. The van der Waals surface area contributed by atoms with E-state index in [4.69, 9.17) is 4.74 Å². The molecule has 0 spiro atoms. The van der Waals surface area contributed by atoms with Gasteiger partial charge in [0.15, 0.2) is 11.0 Å². The molecule has 0 fully saturated rings. The Labute approximate surface area is 203 Å². The van der Waals surface area contributed by atoms with Gasteiger partial charge in [0, 0.05) is 30.7 Å². The fraction of sp³-hybridized carbons (Fsp3) is 0.231. The van der Waals surface area contributed by atoms with Crippen molar-refractivity contribution in [3.05, 3.63) is 84.7 Å². The molecule has 0 radical (unpaired) electrons. The van der Waals surface area contributed by atoms with E-state index in [2.05, 4.69) is 15.2 Å². The van der Waals surface area contributed by atoms with E-state index in [1.54, 1.807) is 17.3 Å². The summed E-state index contributed by atoms with van der Waals surface area (Å²) in [6.45, 7) is 4.58.